The lowest BCUT2D eigenvalue weighted by molar-refractivity contribution is -0.109. The van der Waals surface area contributed by atoms with E-state index in [1.54, 1.807) is 0 Å². The summed E-state index contributed by atoms with van der Waals surface area (Å²) in [5, 5.41) is 18.7. The second kappa shape index (κ2) is 7.27. The van der Waals surface area contributed by atoms with Crippen LogP contribution in [-0.4, -0.2) is 65.4 Å². The van der Waals surface area contributed by atoms with Crippen LogP contribution < -0.4 is 5.73 Å². The highest BCUT2D eigenvalue weighted by Crippen LogP contribution is 2.36. The first-order valence-electron chi connectivity index (χ1n) is 6.36. The third kappa shape index (κ3) is 4.42. The highest BCUT2D eigenvalue weighted by Gasteiger charge is 2.23. The van der Waals surface area contributed by atoms with Crippen molar-refractivity contribution in [3.05, 3.63) is 12.7 Å². The maximum atomic E-state index is 10.7. The Morgan fingerprint density at radius 3 is 2.61 bits per heavy atom. The summed E-state index contributed by atoms with van der Waals surface area (Å²) in [6.07, 6.45) is 0.419. The number of nitrogens with zero attached hydrogens (tertiary/aromatic N) is 4. The molecule has 23 heavy (non-hydrogen) atoms. The van der Waals surface area contributed by atoms with E-state index in [0.717, 1.165) is 0 Å². The molecule has 2 atom stereocenters. The predicted octanol–water partition coefficient (Wildman–Crippen LogP) is -1.61. The van der Waals surface area contributed by atoms with Gasteiger partial charge in [0.05, 0.1) is 26.1 Å². The average molecular weight is 349 g/mol. The van der Waals surface area contributed by atoms with Crippen LogP contribution in [0, 0.1) is 0 Å². The first-order valence-corrected chi connectivity index (χ1v) is 7.89. The van der Waals surface area contributed by atoms with Gasteiger partial charge in [-0.2, -0.15) is 0 Å². The van der Waals surface area contributed by atoms with Crippen molar-refractivity contribution in [2.45, 2.75) is 12.3 Å². The fourth-order valence-electron chi connectivity index (χ4n) is 1.81. The molecule has 0 amide bonds. The van der Waals surface area contributed by atoms with Crippen LogP contribution in [0.25, 0.3) is 11.2 Å². The topological polar surface area (TPSA) is 186 Å². The van der Waals surface area contributed by atoms with Gasteiger partial charge in [-0.3, -0.25) is 9.09 Å². The molecule has 0 aliphatic carbocycles. The van der Waals surface area contributed by atoms with E-state index < -0.39 is 40.0 Å². The molecule has 2 unspecified atom stereocenters. The van der Waals surface area contributed by atoms with Crippen molar-refractivity contribution in [3.63, 3.8) is 0 Å². The van der Waals surface area contributed by atoms with Crippen LogP contribution in [0.4, 0.5) is 5.82 Å². The molecular weight excluding hydrogens is 333 g/mol. The zero-order valence-electron chi connectivity index (χ0n) is 11.8. The van der Waals surface area contributed by atoms with Gasteiger partial charge in [0.25, 0.3) is 0 Å². The van der Waals surface area contributed by atoms with Crippen LogP contribution >= 0.6 is 7.82 Å². The number of aliphatic hydroxyl groups is 2. The second-order valence-electron chi connectivity index (χ2n) is 4.45. The van der Waals surface area contributed by atoms with Crippen molar-refractivity contribution in [3.8, 4) is 0 Å². The van der Waals surface area contributed by atoms with Crippen molar-refractivity contribution >= 4 is 24.8 Å². The van der Waals surface area contributed by atoms with Gasteiger partial charge in [0.15, 0.2) is 17.7 Å². The molecule has 0 fully saturated rings. The molecule has 12 nitrogen and oxygen atoms in total. The maximum absolute atomic E-state index is 10.7. The van der Waals surface area contributed by atoms with Gasteiger partial charge in [-0.05, 0) is 0 Å². The van der Waals surface area contributed by atoms with Gasteiger partial charge in [-0.25, -0.2) is 19.5 Å². The Labute approximate surface area is 129 Å². The van der Waals surface area contributed by atoms with E-state index in [1.165, 1.54) is 17.2 Å². The summed E-state index contributed by atoms with van der Waals surface area (Å²) in [4.78, 5) is 29.1. The maximum Gasteiger partial charge on any atom is 0.469 e. The lowest BCUT2D eigenvalue weighted by Crippen LogP contribution is -2.29. The number of hydrogen-bond donors (Lipinski definition) is 5. The second-order valence-corrected chi connectivity index (χ2v) is 5.69. The summed E-state index contributed by atoms with van der Waals surface area (Å²) in [6, 6.07) is 0. The molecule has 0 aliphatic heterocycles. The average Bonchev–Trinajstić information content (AvgIpc) is 2.92. The van der Waals surface area contributed by atoms with Gasteiger partial charge in [-0.15, -0.1) is 0 Å². The third-order valence-electron chi connectivity index (χ3n) is 2.84. The standard InChI is InChI=1S/C10H16N5O7P/c11-9-8-10(13-4-12-9)15(5-14-8)7(2-17)22-6(1-16)3-21-23(18,19)20/h4-7,16-17H,1-3H2,(H2,11,12,13)(H2,18,19,20). The van der Waals surface area contributed by atoms with E-state index in [9.17, 15) is 14.8 Å². The Hall–Kier alpha value is -1.66. The Kier molecular flexibility index (Phi) is 5.59. The number of nitrogen functional groups attached to an aromatic ring is 1. The Bertz CT molecular complexity index is 704. The fourth-order valence-corrected chi connectivity index (χ4v) is 2.18. The molecule has 2 rings (SSSR count). The molecule has 6 N–H and O–H groups in total. The van der Waals surface area contributed by atoms with E-state index in [4.69, 9.17) is 20.3 Å². The van der Waals surface area contributed by atoms with Crippen LogP contribution in [0.1, 0.15) is 6.23 Å². The molecule has 0 radical (unpaired) electrons. The van der Waals surface area contributed by atoms with Gasteiger partial charge in [-0.1, -0.05) is 0 Å². The number of hydrogen-bond acceptors (Lipinski definition) is 9. The number of rotatable bonds is 8. The number of anilines is 1. The van der Waals surface area contributed by atoms with Gasteiger partial charge in [0, 0.05) is 0 Å². The van der Waals surface area contributed by atoms with Crippen LogP contribution in [0.5, 0.6) is 0 Å². The van der Waals surface area contributed by atoms with Gasteiger partial charge in [0.1, 0.15) is 17.9 Å². The van der Waals surface area contributed by atoms with E-state index in [-0.39, 0.29) is 5.82 Å². The zero-order valence-corrected chi connectivity index (χ0v) is 12.7. The van der Waals surface area contributed by atoms with Crippen molar-refractivity contribution in [1.29, 1.82) is 0 Å². The van der Waals surface area contributed by atoms with Crippen molar-refractivity contribution in [2.75, 3.05) is 25.6 Å². The first-order chi connectivity index (χ1) is 10.9. The van der Waals surface area contributed by atoms with E-state index in [1.807, 2.05) is 0 Å². The molecule has 2 aromatic heterocycles. The SMILES string of the molecule is Nc1ncnc2c1ncn2C(CO)OC(CO)COP(=O)(O)O. The van der Waals surface area contributed by atoms with Crippen LogP contribution in [0.3, 0.4) is 0 Å². The quantitative estimate of drug-likeness (QED) is 0.345. The number of ether oxygens (including phenoxy) is 1. The molecule has 0 saturated heterocycles. The summed E-state index contributed by atoms with van der Waals surface area (Å²) in [5.74, 6) is 0.147. The molecule has 0 bridgehead atoms. The highest BCUT2D eigenvalue weighted by atomic mass is 31.2. The summed E-state index contributed by atoms with van der Waals surface area (Å²) in [7, 11) is -4.70. The lowest BCUT2D eigenvalue weighted by atomic mass is 10.4. The number of fused-ring (bicyclic) bond motifs is 1. The zero-order chi connectivity index (χ0) is 17.0. The number of nitrogens with two attached hydrogens (primary N) is 1. The number of phosphoric acid groups is 1. The summed E-state index contributed by atoms with van der Waals surface area (Å²) in [6.45, 7) is -1.66. The summed E-state index contributed by atoms with van der Waals surface area (Å²) in [5.41, 5.74) is 6.26. The monoisotopic (exact) mass is 349 g/mol. The van der Waals surface area contributed by atoms with Crippen LogP contribution in [-0.2, 0) is 13.8 Å². The van der Waals surface area contributed by atoms with Gasteiger partial charge in [0.2, 0.25) is 0 Å². The smallest absolute Gasteiger partial charge is 0.394 e. The number of imidazole rings is 1. The molecule has 2 heterocycles. The minimum absolute atomic E-state index is 0.147. The molecule has 2 aromatic rings. The Morgan fingerprint density at radius 2 is 2.00 bits per heavy atom. The summed E-state index contributed by atoms with van der Waals surface area (Å²) >= 11 is 0. The van der Waals surface area contributed by atoms with Crippen molar-refractivity contribution < 1.29 is 33.8 Å². The van der Waals surface area contributed by atoms with Gasteiger partial charge >= 0.3 is 7.82 Å². The molecule has 13 heteroatoms. The Balaban J connectivity index is 2.17. The predicted molar refractivity (Wildman–Crippen MR) is 75.8 cm³/mol. The van der Waals surface area contributed by atoms with Crippen LogP contribution in [0.2, 0.25) is 0 Å². The molecule has 128 valence electrons. The number of phosphoric ester groups is 1. The van der Waals surface area contributed by atoms with Crippen LogP contribution in [0.15, 0.2) is 12.7 Å². The molecule has 0 aliphatic rings. The Morgan fingerprint density at radius 1 is 1.26 bits per heavy atom. The van der Waals surface area contributed by atoms with E-state index >= 15 is 0 Å². The molecule has 0 spiro atoms. The lowest BCUT2D eigenvalue weighted by Gasteiger charge is -2.23. The van der Waals surface area contributed by atoms with Gasteiger partial charge < -0.3 is 30.5 Å². The minimum Gasteiger partial charge on any atom is -0.394 e. The highest BCUT2D eigenvalue weighted by molar-refractivity contribution is 7.46. The fraction of sp³-hybridized carbons (Fsp3) is 0.500. The number of aromatic nitrogens is 4. The molecular formula is C10H16N5O7P. The van der Waals surface area contributed by atoms with Crippen molar-refractivity contribution in [1.82, 2.24) is 19.5 Å². The number of aliphatic hydroxyl groups excluding tert-OH is 2. The largest absolute Gasteiger partial charge is 0.469 e. The van der Waals surface area contributed by atoms with E-state index in [2.05, 4.69) is 19.5 Å². The van der Waals surface area contributed by atoms with Crippen molar-refractivity contribution in [2.24, 2.45) is 0 Å². The molecule has 0 aromatic carbocycles. The normalized spacial score (nSPS) is 15.0. The third-order valence-corrected chi connectivity index (χ3v) is 3.32. The minimum atomic E-state index is -4.70. The van der Waals surface area contributed by atoms with E-state index in [0.29, 0.717) is 11.2 Å². The first kappa shape index (κ1) is 17.7. The molecule has 0 saturated carbocycles. The summed E-state index contributed by atoms with van der Waals surface area (Å²) < 4.78 is 21.7.